The zero-order valence-corrected chi connectivity index (χ0v) is 16.1. The first-order valence-electron chi connectivity index (χ1n) is 8.87. The van der Waals surface area contributed by atoms with Crippen LogP contribution < -0.4 is 5.32 Å². The number of anilines is 1. The van der Waals surface area contributed by atoms with E-state index in [-0.39, 0.29) is 17.6 Å². The highest BCUT2D eigenvalue weighted by atomic mass is 35.5. The van der Waals surface area contributed by atoms with Gasteiger partial charge in [0.15, 0.2) is 0 Å². The van der Waals surface area contributed by atoms with Crippen LogP contribution in [0.5, 0.6) is 0 Å². The number of halogens is 3. The van der Waals surface area contributed by atoms with E-state index < -0.39 is 11.9 Å². The number of hydrogen-bond acceptors (Lipinski definition) is 4. The van der Waals surface area contributed by atoms with E-state index in [2.05, 4.69) is 15.5 Å². The van der Waals surface area contributed by atoms with Gasteiger partial charge in [-0.25, -0.2) is 8.78 Å². The summed E-state index contributed by atoms with van der Waals surface area (Å²) in [5.41, 5.74) is 2.37. The lowest BCUT2D eigenvalue weighted by molar-refractivity contribution is 0.493. The number of rotatable bonds is 5. The summed E-state index contributed by atoms with van der Waals surface area (Å²) in [5, 5.41) is 12.0. The third kappa shape index (κ3) is 4.27. The van der Waals surface area contributed by atoms with Crippen molar-refractivity contribution in [2.45, 2.75) is 13.0 Å². The third-order valence-electron chi connectivity index (χ3n) is 4.45. The fourth-order valence-corrected chi connectivity index (χ4v) is 3.01. The molecule has 4 aromatic rings. The molecular weight excluding hydrogens is 396 g/mol. The van der Waals surface area contributed by atoms with Crippen molar-refractivity contribution < 1.29 is 13.2 Å². The Kier molecular flexibility index (Phi) is 5.27. The topological polar surface area (TPSA) is 51.0 Å². The lowest BCUT2D eigenvalue weighted by Gasteiger charge is -2.17. The average Bonchev–Trinajstić information content (AvgIpc) is 3.20. The molecule has 0 saturated heterocycles. The lowest BCUT2D eigenvalue weighted by atomic mass is 10.1. The molecule has 0 amide bonds. The molecule has 29 heavy (non-hydrogen) atoms. The summed E-state index contributed by atoms with van der Waals surface area (Å²) >= 11 is 6.00. The largest absolute Gasteiger partial charge is 0.418 e. The molecule has 0 aliphatic heterocycles. The highest BCUT2D eigenvalue weighted by Gasteiger charge is 2.22. The van der Waals surface area contributed by atoms with Gasteiger partial charge in [0.1, 0.15) is 17.7 Å². The standard InChI is InChI=1S/C22H16ClF2N3O/c1-13-5-10-18(12-19(13)25)26-20(14-6-8-16(23)9-7-14)22-28-27-21(29-22)15-3-2-4-17(24)11-15/h2-12,20,26H,1H3. The monoisotopic (exact) mass is 411 g/mol. The van der Waals surface area contributed by atoms with Gasteiger partial charge in [0.25, 0.3) is 0 Å². The van der Waals surface area contributed by atoms with Crippen molar-refractivity contribution in [3.8, 4) is 11.5 Å². The Morgan fingerprint density at radius 3 is 2.48 bits per heavy atom. The zero-order valence-electron chi connectivity index (χ0n) is 15.4. The highest BCUT2D eigenvalue weighted by Crippen LogP contribution is 2.30. The Bertz CT molecular complexity index is 1150. The fraction of sp³-hybridized carbons (Fsp3) is 0.0909. The molecule has 4 nitrogen and oxygen atoms in total. The van der Waals surface area contributed by atoms with Gasteiger partial charge in [-0.2, -0.15) is 0 Å². The van der Waals surface area contributed by atoms with Crippen molar-refractivity contribution >= 4 is 17.3 Å². The van der Waals surface area contributed by atoms with Crippen molar-refractivity contribution in [3.05, 3.63) is 100 Å². The Morgan fingerprint density at radius 2 is 1.76 bits per heavy atom. The molecule has 0 aliphatic carbocycles. The quantitative estimate of drug-likeness (QED) is 0.426. The number of hydrogen-bond donors (Lipinski definition) is 1. The molecule has 7 heteroatoms. The predicted octanol–water partition coefficient (Wildman–Crippen LogP) is 6.18. The minimum atomic E-state index is -0.552. The fourth-order valence-electron chi connectivity index (χ4n) is 2.88. The Labute approximate surface area is 171 Å². The van der Waals surface area contributed by atoms with Gasteiger partial charge >= 0.3 is 0 Å². The van der Waals surface area contributed by atoms with E-state index in [1.807, 2.05) is 12.1 Å². The molecule has 0 fully saturated rings. The normalized spacial score (nSPS) is 12.0. The van der Waals surface area contributed by atoms with E-state index in [0.29, 0.717) is 21.8 Å². The van der Waals surface area contributed by atoms with E-state index in [0.717, 1.165) is 5.56 Å². The maximum Gasteiger partial charge on any atom is 0.247 e. The van der Waals surface area contributed by atoms with Gasteiger partial charge in [0.2, 0.25) is 11.8 Å². The third-order valence-corrected chi connectivity index (χ3v) is 4.70. The second-order valence-electron chi connectivity index (χ2n) is 6.55. The van der Waals surface area contributed by atoms with Crippen LogP contribution in [0.1, 0.15) is 23.1 Å². The van der Waals surface area contributed by atoms with E-state index in [1.54, 1.807) is 43.3 Å². The molecule has 0 aliphatic rings. The molecule has 1 unspecified atom stereocenters. The zero-order chi connectivity index (χ0) is 20.4. The van der Waals surface area contributed by atoms with Crippen LogP contribution in [-0.4, -0.2) is 10.2 Å². The van der Waals surface area contributed by atoms with E-state index >= 15 is 0 Å². The van der Waals surface area contributed by atoms with Crippen LogP contribution in [0, 0.1) is 18.6 Å². The molecule has 1 aromatic heterocycles. The number of nitrogens with zero attached hydrogens (tertiary/aromatic N) is 2. The van der Waals surface area contributed by atoms with Crippen LogP contribution in [0.4, 0.5) is 14.5 Å². The molecule has 0 spiro atoms. The minimum Gasteiger partial charge on any atom is -0.418 e. The van der Waals surface area contributed by atoms with Crippen molar-refractivity contribution in [1.82, 2.24) is 10.2 Å². The number of benzene rings is 3. The first kappa shape index (κ1) is 19.1. The maximum absolute atomic E-state index is 14.0. The maximum atomic E-state index is 14.0. The van der Waals surface area contributed by atoms with Crippen molar-refractivity contribution in [2.24, 2.45) is 0 Å². The summed E-state index contributed by atoms with van der Waals surface area (Å²) in [5.74, 6) is -0.275. The minimum absolute atomic E-state index is 0.190. The molecule has 0 radical (unpaired) electrons. The van der Waals surface area contributed by atoms with Gasteiger partial charge in [-0.15, -0.1) is 10.2 Å². The van der Waals surface area contributed by atoms with Crippen molar-refractivity contribution in [1.29, 1.82) is 0 Å². The van der Waals surface area contributed by atoms with Crippen LogP contribution in [0.2, 0.25) is 5.02 Å². The molecular formula is C22H16ClF2N3O. The molecule has 146 valence electrons. The van der Waals surface area contributed by atoms with E-state index in [1.165, 1.54) is 18.2 Å². The number of aromatic nitrogens is 2. The van der Waals surface area contributed by atoms with E-state index in [4.69, 9.17) is 16.0 Å². The van der Waals surface area contributed by atoms with Gasteiger partial charge in [0, 0.05) is 16.3 Å². The van der Waals surface area contributed by atoms with Crippen LogP contribution in [0.25, 0.3) is 11.5 Å². The van der Waals surface area contributed by atoms with Gasteiger partial charge in [-0.3, -0.25) is 0 Å². The van der Waals surface area contributed by atoms with Crippen molar-refractivity contribution in [2.75, 3.05) is 5.32 Å². The summed E-state index contributed by atoms with van der Waals surface area (Å²) in [6.07, 6.45) is 0. The number of nitrogens with one attached hydrogen (secondary N) is 1. The summed E-state index contributed by atoms with van der Waals surface area (Å²) in [6.45, 7) is 1.69. The summed E-state index contributed by atoms with van der Waals surface area (Å²) < 4.78 is 33.4. The number of aryl methyl sites for hydroxylation is 1. The van der Waals surface area contributed by atoms with Crippen LogP contribution in [-0.2, 0) is 0 Å². The summed E-state index contributed by atoms with van der Waals surface area (Å²) in [7, 11) is 0. The predicted molar refractivity (Wildman–Crippen MR) is 108 cm³/mol. The van der Waals surface area contributed by atoms with Gasteiger partial charge in [-0.1, -0.05) is 35.9 Å². The Hall–Kier alpha value is -3.25. The first-order valence-corrected chi connectivity index (χ1v) is 9.25. The SMILES string of the molecule is Cc1ccc(NC(c2ccc(Cl)cc2)c2nnc(-c3cccc(F)c3)o2)cc1F. The molecule has 0 saturated carbocycles. The molecule has 3 aromatic carbocycles. The van der Waals surface area contributed by atoms with Gasteiger partial charge < -0.3 is 9.73 Å². The smallest absolute Gasteiger partial charge is 0.247 e. The van der Waals surface area contributed by atoms with Gasteiger partial charge in [0.05, 0.1) is 0 Å². The lowest BCUT2D eigenvalue weighted by Crippen LogP contribution is -2.13. The molecule has 1 N–H and O–H groups in total. The second-order valence-corrected chi connectivity index (χ2v) is 6.99. The molecule has 4 rings (SSSR count). The van der Waals surface area contributed by atoms with Crippen LogP contribution in [0.3, 0.4) is 0 Å². The second kappa shape index (κ2) is 8.01. The van der Waals surface area contributed by atoms with Crippen LogP contribution >= 0.6 is 11.6 Å². The van der Waals surface area contributed by atoms with Crippen molar-refractivity contribution in [3.63, 3.8) is 0 Å². The molecule has 0 bridgehead atoms. The highest BCUT2D eigenvalue weighted by molar-refractivity contribution is 6.30. The summed E-state index contributed by atoms with van der Waals surface area (Å²) in [4.78, 5) is 0. The average molecular weight is 412 g/mol. The summed E-state index contributed by atoms with van der Waals surface area (Å²) in [6, 6.07) is 17.3. The first-order chi connectivity index (χ1) is 14.0. The van der Waals surface area contributed by atoms with E-state index in [9.17, 15) is 8.78 Å². The molecule has 1 heterocycles. The Balaban J connectivity index is 1.72. The van der Waals surface area contributed by atoms with Crippen LogP contribution in [0.15, 0.2) is 71.1 Å². The molecule has 1 atom stereocenters. The Morgan fingerprint density at radius 1 is 0.966 bits per heavy atom. The van der Waals surface area contributed by atoms with Gasteiger partial charge in [-0.05, 0) is 60.5 Å².